The molecule has 3 aromatic rings. The molecule has 0 spiro atoms. The van der Waals surface area contributed by atoms with Gasteiger partial charge in [-0.3, -0.25) is 9.69 Å². The number of hydrogen-bond acceptors (Lipinski definition) is 6. The van der Waals surface area contributed by atoms with Gasteiger partial charge in [-0.15, -0.1) is 0 Å². The van der Waals surface area contributed by atoms with E-state index in [9.17, 15) is 9.18 Å². The summed E-state index contributed by atoms with van der Waals surface area (Å²) in [6.07, 6.45) is 0. The molecule has 32 heavy (non-hydrogen) atoms. The molecule has 1 aliphatic heterocycles. The minimum absolute atomic E-state index is 0.0219. The van der Waals surface area contributed by atoms with Crippen LogP contribution in [-0.2, 0) is 4.74 Å². The zero-order valence-corrected chi connectivity index (χ0v) is 18.1. The van der Waals surface area contributed by atoms with Gasteiger partial charge in [0.2, 0.25) is 0 Å². The minimum Gasteiger partial charge on any atom is -0.497 e. The van der Waals surface area contributed by atoms with E-state index in [0.717, 1.165) is 24.4 Å². The fraction of sp³-hybridized carbons (Fsp3) is 0.333. The van der Waals surface area contributed by atoms with E-state index in [1.165, 1.54) is 12.1 Å². The van der Waals surface area contributed by atoms with Crippen molar-refractivity contribution < 1.29 is 23.2 Å². The summed E-state index contributed by atoms with van der Waals surface area (Å²) in [6.45, 7) is 4.94. The molecule has 1 N–H and O–H groups in total. The van der Waals surface area contributed by atoms with Crippen molar-refractivity contribution in [1.29, 1.82) is 0 Å². The molecule has 1 amide bonds. The first-order valence-corrected chi connectivity index (χ1v) is 10.5. The van der Waals surface area contributed by atoms with E-state index in [1.807, 2.05) is 24.3 Å². The van der Waals surface area contributed by atoms with Crippen LogP contribution in [0.15, 0.2) is 53.1 Å². The average molecular weight is 439 g/mol. The summed E-state index contributed by atoms with van der Waals surface area (Å²) >= 11 is 0. The molecule has 8 heteroatoms. The molecule has 2 heterocycles. The summed E-state index contributed by atoms with van der Waals surface area (Å²) < 4.78 is 29.9. The highest BCUT2D eigenvalue weighted by Gasteiger charge is 2.24. The smallest absolute Gasteiger partial charge is 0.273 e. The van der Waals surface area contributed by atoms with Crippen molar-refractivity contribution in [2.75, 3.05) is 40.0 Å². The first-order valence-electron chi connectivity index (χ1n) is 10.5. The highest BCUT2D eigenvalue weighted by Crippen LogP contribution is 2.25. The zero-order valence-electron chi connectivity index (χ0n) is 18.1. The lowest BCUT2D eigenvalue weighted by Crippen LogP contribution is -2.43. The standard InChI is InChI=1S/C24H26FN3O4/c1-16-3-4-18(13-20(16)25)23-14-21(27-32-23)24(29)26-15-22(28-9-11-31-12-10-28)17-5-7-19(30-2)8-6-17/h3-8,13-14,22H,9-12,15H2,1-2H3,(H,26,29). The summed E-state index contributed by atoms with van der Waals surface area (Å²) in [5.41, 5.74) is 2.29. The van der Waals surface area contributed by atoms with Crippen LogP contribution in [0.2, 0.25) is 0 Å². The lowest BCUT2D eigenvalue weighted by molar-refractivity contribution is 0.0162. The molecule has 1 unspecified atom stereocenters. The van der Waals surface area contributed by atoms with Gasteiger partial charge >= 0.3 is 0 Å². The molecule has 7 nitrogen and oxygen atoms in total. The van der Waals surface area contributed by atoms with Gasteiger partial charge in [-0.2, -0.15) is 0 Å². The van der Waals surface area contributed by atoms with Crippen LogP contribution in [-0.4, -0.2) is 55.9 Å². The molecule has 0 aliphatic carbocycles. The largest absolute Gasteiger partial charge is 0.497 e. The van der Waals surface area contributed by atoms with E-state index in [4.69, 9.17) is 14.0 Å². The number of benzene rings is 2. The lowest BCUT2D eigenvalue weighted by atomic mass is 10.0. The number of methoxy groups -OCH3 is 1. The summed E-state index contributed by atoms with van der Waals surface area (Å²) in [4.78, 5) is 15.0. The Morgan fingerprint density at radius 1 is 1.19 bits per heavy atom. The molecule has 1 saturated heterocycles. The molecule has 168 valence electrons. The van der Waals surface area contributed by atoms with Crippen LogP contribution in [0.4, 0.5) is 4.39 Å². The summed E-state index contributed by atoms with van der Waals surface area (Å²) in [7, 11) is 1.63. The molecular formula is C24H26FN3O4. The van der Waals surface area contributed by atoms with E-state index in [-0.39, 0.29) is 23.5 Å². The third-order valence-corrected chi connectivity index (χ3v) is 5.64. The van der Waals surface area contributed by atoms with Crippen molar-refractivity contribution >= 4 is 5.91 Å². The number of morpholine rings is 1. The molecule has 2 aromatic carbocycles. The molecule has 1 aromatic heterocycles. The fourth-order valence-corrected chi connectivity index (χ4v) is 3.72. The maximum atomic E-state index is 13.9. The third kappa shape index (κ3) is 4.98. The Balaban J connectivity index is 1.47. The van der Waals surface area contributed by atoms with E-state index >= 15 is 0 Å². The van der Waals surface area contributed by atoms with Gasteiger partial charge in [0.1, 0.15) is 11.6 Å². The van der Waals surface area contributed by atoms with Gasteiger partial charge in [0, 0.05) is 31.3 Å². The third-order valence-electron chi connectivity index (χ3n) is 5.64. The molecule has 1 fully saturated rings. The number of hydrogen-bond donors (Lipinski definition) is 1. The number of nitrogens with zero attached hydrogens (tertiary/aromatic N) is 2. The predicted octanol–water partition coefficient (Wildman–Crippen LogP) is 3.60. The van der Waals surface area contributed by atoms with E-state index in [2.05, 4.69) is 15.4 Å². The van der Waals surface area contributed by atoms with Crippen LogP contribution in [0.1, 0.15) is 27.7 Å². The normalized spacial score (nSPS) is 15.3. The maximum absolute atomic E-state index is 13.9. The highest BCUT2D eigenvalue weighted by molar-refractivity contribution is 5.93. The number of carbonyl (C=O) groups excluding carboxylic acids is 1. The van der Waals surface area contributed by atoms with Crippen molar-refractivity contribution in [2.24, 2.45) is 0 Å². The van der Waals surface area contributed by atoms with Crippen LogP contribution >= 0.6 is 0 Å². The Morgan fingerprint density at radius 3 is 2.62 bits per heavy atom. The number of aromatic nitrogens is 1. The van der Waals surface area contributed by atoms with Crippen molar-refractivity contribution in [1.82, 2.24) is 15.4 Å². The van der Waals surface area contributed by atoms with Gasteiger partial charge in [0.25, 0.3) is 5.91 Å². The van der Waals surface area contributed by atoms with Crippen molar-refractivity contribution in [3.63, 3.8) is 0 Å². The summed E-state index contributed by atoms with van der Waals surface area (Å²) in [5, 5.41) is 6.83. The SMILES string of the molecule is COc1ccc(C(CNC(=O)c2cc(-c3ccc(C)c(F)c3)on2)N2CCOCC2)cc1. The Bertz CT molecular complexity index is 1060. The molecule has 0 bridgehead atoms. The van der Waals surface area contributed by atoms with Crippen molar-refractivity contribution in [3.8, 4) is 17.1 Å². The second kappa shape index (κ2) is 9.93. The zero-order chi connectivity index (χ0) is 22.5. The number of carbonyl (C=O) groups is 1. The van der Waals surface area contributed by atoms with Gasteiger partial charge in [-0.1, -0.05) is 29.4 Å². The molecule has 4 rings (SSSR count). The summed E-state index contributed by atoms with van der Waals surface area (Å²) in [6, 6.07) is 14.1. The second-order valence-electron chi connectivity index (χ2n) is 7.69. The predicted molar refractivity (Wildman–Crippen MR) is 117 cm³/mol. The number of ether oxygens (including phenoxy) is 2. The van der Waals surface area contributed by atoms with Gasteiger partial charge < -0.3 is 19.3 Å². The number of halogens is 1. The number of nitrogens with one attached hydrogen (secondary N) is 1. The Labute approximate surface area is 186 Å². The van der Waals surface area contributed by atoms with Gasteiger partial charge in [0.15, 0.2) is 11.5 Å². The Hall–Kier alpha value is -3.23. The van der Waals surface area contributed by atoms with E-state index in [1.54, 1.807) is 26.2 Å². The van der Waals surface area contributed by atoms with Crippen LogP contribution in [0.5, 0.6) is 5.75 Å². The first kappa shape index (κ1) is 22.0. The topological polar surface area (TPSA) is 76.8 Å². The Kier molecular flexibility index (Phi) is 6.82. The van der Waals surface area contributed by atoms with Gasteiger partial charge in [-0.05, 0) is 36.2 Å². The minimum atomic E-state index is -0.348. The van der Waals surface area contributed by atoms with E-state index < -0.39 is 0 Å². The van der Waals surface area contributed by atoms with E-state index in [0.29, 0.717) is 36.6 Å². The number of amides is 1. The Morgan fingerprint density at radius 2 is 1.94 bits per heavy atom. The molecule has 0 saturated carbocycles. The van der Waals surface area contributed by atoms with Crippen LogP contribution in [0.25, 0.3) is 11.3 Å². The maximum Gasteiger partial charge on any atom is 0.273 e. The van der Waals surface area contributed by atoms with Crippen LogP contribution in [0.3, 0.4) is 0 Å². The molecule has 1 aliphatic rings. The van der Waals surface area contributed by atoms with Crippen LogP contribution < -0.4 is 10.1 Å². The molecule has 1 atom stereocenters. The van der Waals surface area contributed by atoms with Crippen molar-refractivity contribution in [3.05, 3.63) is 71.2 Å². The first-order chi connectivity index (χ1) is 15.5. The summed E-state index contributed by atoms with van der Waals surface area (Å²) in [5.74, 6) is 0.437. The fourth-order valence-electron chi connectivity index (χ4n) is 3.72. The van der Waals surface area contributed by atoms with Gasteiger partial charge in [-0.25, -0.2) is 4.39 Å². The molecule has 0 radical (unpaired) electrons. The molecular weight excluding hydrogens is 413 g/mol. The average Bonchev–Trinajstić information content (AvgIpc) is 3.32. The quantitative estimate of drug-likeness (QED) is 0.606. The lowest BCUT2D eigenvalue weighted by Gasteiger charge is -2.34. The van der Waals surface area contributed by atoms with Crippen molar-refractivity contribution in [2.45, 2.75) is 13.0 Å². The monoisotopic (exact) mass is 439 g/mol. The van der Waals surface area contributed by atoms with Gasteiger partial charge in [0.05, 0.1) is 26.4 Å². The van der Waals surface area contributed by atoms with Crippen LogP contribution in [0, 0.1) is 12.7 Å². The second-order valence-corrected chi connectivity index (χ2v) is 7.69. The highest BCUT2D eigenvalue weighted by atomic mass is 19.1. The number of rotatable bonds is 7. The number of aryl methyl sites for hydroxylation is 1.